The number of benzene rings is 3. The number of rotatable bonds is 11. The topological polar surface area (TPSA) is 171 Å². The monoisotopic (exact) mass is 935 g/mol. The number of piperazine rings is 1. The van der Waals surface area contributed by atoms with Gasteiger partial charge in [0.15, 0.2) is 5.82 Å². The number of carbonyl (C=O) groups is 4. The third-order valence-electron chi connectivity index (χ3n) is 14.6. The summed E-state index contributed by atoms with van der Waals surface area (Å²) >= 11 is 0. The van der Waals surface area contributed by atoms with Crippen molar-refractivity contribution in [3.8, 4) is 11.1 Å². The van der Waals surface area contributed by atoms with Crippen LogP contribution >= 0.6 is 0 Å². The summed E-state index contributed by atoms with van der Waals surface area (Å²) in [6.07, 6.45) is 5.46. The number of ketones is 1. The van der Waals surface area contributed by atoms with Crippen molar-refractivity contribution in [2.75, 3.05) is 60.3 Å². The van der Waals surface area contributed by atoms with E-state index in [9.17, 15) is 32.0 Å². The van der Waals surface area contributed by atoms with Gasteiger partial charge in [-0.05, 0) is 97.7 Å². The van der Waals surface area contributed by atoms with Gasteiger partial charge in [-0.2, -0.15) is 12.7 Å². The van der Waals surface area contributed by atoms with Gasteiger partial charge >= 0.3 is 10.2 Å². The predicted molar refractivity (Wildman–Crippen MR) is 243 cm³/mol. The van der Waals surface area contributed by atoms with Gasteiger partial charge in [0.25, 0.3) is 5.91 Å². The van der Waals surface area contributed by atoms with E-state index in [1.165, 1.54) is 6.20 Å². The van der Waals surface area contributed by atoms with Crippen molar-refractivity contribution in [2.24, 2.45) is 5.92 Å². The van der Waals surface area contributed by atoms with E-state index in [2.05, 4.69) is 48.2 Å². The minimum absolute atomic E-state index is 0.00431. The van der Waals surface area contributed by atoms with Gasteiger partial charge in [-0.25, -0.2) is 18.2 Å². The van der Waals surface area contributed by atoms with Gasteiger partial charge in [-0.3, -0.25) is 34.1 Å². The van der Waals surface area contributed by atoms with Crippen LogP contribution in [0.5, 0.6) is 0 Å². The summed E-state index contributed by atoms with van der Waals surface area (Å²) in [7, 11) is -4.36. The van der Waals surface area contributed by atoms with E-state index in [0.29, 0.717) is 53.1 Å². The summed E-state index contributed by atoms with van der Waals surface area (Å²) in [6.45, 7) is 4.73. The molecule has 8 heterocycles. The lowest BCUT2D eigenvalue weighted by Gasteiger charge is -2.40. The second kappa shape index (κ2) is 16.8. The molecule has 4 atom stereocenters. The van der Waals surface area contributed by atoms with Crippen molar-refractivity contribution in [2.45, 2.75) is 69.4 Å². The number of aromatic nitrogens is 2. The van der Waals surface area contributed by atoms with E-state index in [0.717, 1.165) is 90.9 Å². The quantitative estimate of drug-likeness (QED) is 0.116. The third-order valence-corrected chi connectivity index (χ3v) is 16.1. The van der Waals surface area contributed by atoms with E-state index in [1.807, 2.05) is 29.0 Å². The van der Waals surface area contributed by atoms with E-state index in [-0.39, 0.29) is 43.3 Å². The molecular formula is C48H48F3N9O6S. The summed E-state index contributed by atoms with van der Waals surface area (Å²) in [6, 6.07) is 17.8. The van der Waals surface area contributed by atoms with Gasteiger partial charge in [-0.1, -0.05) is 12.1 Å². The maximum atomic E-state index is 15.8. The lowest BCUT2D eigenvalue weighted by atomic mass is 9.95. The SMILES string of the molecule is O=C1CCC(N2Cc3cc(N4CCC(CN5C[C@H]6C[C@@H]5CN6c5ccc(-c6cnc7[nH]cc(C(=O)c8c(F)ccc(NS(=O)(=O)N9CC[C@@H](F)C9)c8F)c7c6)cc5)CC4)ccc3C2=O)C(=O)N1. The maximum absolute atomic E-state index is 15.8. The zero-order valence-corrected chi connectivity index (χ0v) is 37.2. The lowest BCUT2D eigenvalue weighted by Crippen LogP contribution is -2.52. The van der Waals surface area contributed by atoms with Crippen LogP contribution in [0.15, 0.2) is 73.1 Å². The fourth-order valence-electron chi connectivity index (χ4n) is 11.0. The Labute approximate surface area is 384 Å². The number of piperidine rings is 2. The van der Waals surface area contributed by atoms with Crippen LogP contribution in [0.3, 0.4) is 0 Å². The van der Waals surface area contributed by atoms with E-state index in [1.54, 1.807) is 17.2 Å². The summed E-state index contributed by atoms with van der Waals surface area (Å²) in [5, 5.41) is 2.71. The molecule has 3 amide bonds. The predicted octanol–water partition coefficient (Wildman–Crippen LogP) is 5.38. The van der Waals surface area contributed by atoms with Crippen LogP contribution in [0.2, 0.25) is 0 Å². The zero-order valence-electron chi connectivity index (χ0n) is 36.4. The highest BCUT2D eigenvalue weighted by atomic mass is 32.2. The van der Waals surface area contributed by atoms with Crippen molar-refractivity contribution >= 4 is 61.8 Å². The number of anilines is 3. The standard InChI is InChI=1S/C48H48F3N9O6S/c49-31-13-16-58(24-31)67(65,66)55-40-8-7-39(50)43(44(40)51)45(62)38-21-53-46-37(38)18-29(20-52-46)28-1-3-32(4-2-28)59-26-34-19-35(59)25-57(34)22-27-11-14-56(15-12-27)33-5-6-36-30(17-33)23-60(48(36)64)41-9-10-42(61)54-47(41)63/h1-8,17-18,20-21,27,31,34-35,41,55H,9-16,19,22-26H2,(H,52,53)(H,54,61,63)/t31-,34-,35-,41?/m1/s1. The first-order valence-electron chi connectivity index (χ1n) is 22.8. The minimum Gasteiger partial charge on any atom is -0.372 e. The molecule has 3 aromatic carbocycles. The van der Waals surface area contributed by atoms with Crippen LogP contribution in [0.1, 0.15) is 70.4 Å². The fourth-order valence-corrected chi connectivity index (χ4v) is 12.3. The number of nitrogens with zero attached hydrogens (tertiary/aromatic N) is 6. The molecule has 5 fully saturated rings. The van der Waals surface area contributed by atoms with Crippen LogP contribution in [0, 0.1) is 17.6 Å². The number of aromatic amines is 1. The van der Waals surface area contributed by atoms with E-state index in [4.69, 9.17) is 0 Å². The number of hydrogen-bond acceptors (Lipinski definition) is 10. The average molecular weight is 936 g/mol. The Morgan fingerprint density at radius 3 is 2.37 bits per heavy atom. The molecule has 3 N–H and O–H groups in total. The Balaban J connectivity index is 0.701. The molecule has 0 radical (unpaired) electrons. The largest absolute Gasteiger partial charge is 0.372 e. The minimum atomic E-state index is -4.36. The summed E-state index contributed by atoms with van der Waals surface area (Å²) < 4.78 is 73.2. The number of fused-ring (bicyclic) bond motifs is 4. The molecule has 6 aliphatic heterocycles. The molecule has 2 aromatic heterocycles. The van der Waals surface area contributed by atoms with E-state index >= 15 is 8.78 Å². The molecule has 1 unspecified atom stereocenters. The van der Waals surface area contributed by atoms with Crippen LogP contribution < -0.4 is 19.8 Å². The van der Waals surface area contributed by atoms with Crippen molar-refractivity contribution in [1.82, 2.24) is 29.4 Å². The molecular weight excluding hydrogens is 888 g/mol. The number of nitrogens with one attached hydrogen (secondary N) is 3. The second-order valence-electron chi connectivity index (χ2n) is 18.7. The van der Waals surface area contributed by atoms with Gasteiger partial charge in [-0.15, -0.1) is 0 Å². The first-order chi connectivity index (χ1) is 32.3. The highest BCUT2D eigenvalue weighted by Gasteiger charge is 2.44. The molecule has 11 rings (SSSR count). The molecule has 0 spiro atoms. The first kappa shape index (κ1) is 43.3. The molecule has 348 valence electrons. The van der Waals surface area contributed by atoms with Crippen molar-refractivity contribution in [3.63, 3.8) is 0 Å². The second-order valence-corrected chi connectivity index (χ2v) is 20.3. The van der Waals surface area contributed by atoms with Gasteiger partial charge < -0.3 is 19.7 Å². The summed E-state index contributed by atoms with van der Waals surface area (Å²) in [5.41, 5.74) is 4.01. The normalized spacial score (nSPS) is 23.7. The fraction of sp³-hybridized carbons (Fsp3) is 0.396. The van der Waals surface area contributed by atoms with Crippen molar-refractivity contribution < 1.29 is 40.8 Å². The molecule has 67 heavy (non-hydrogen) atoms. The zero-order chi connectivity index (χ0) is 46.3. The Hall–Kier alpha value is -6.31. The lowest BCUT2D eigenvalue weighted by molar-refractivity contribution is -0.136. The highest BCUT2D eigenvalue weighted by molar-refractivity contribution is 7.90. The summed E-state index contributed by atoms with van der Waals surface area (Å²) in [4.78, 5) is 67.6. The van der Waals surface area contributed by atoms with Gasteiger partial charge in [0, 0.05) is 117 Å². The number of halogens is 3. The Morgan fingerprint density at radius 1 is 0.851 bits per heavy atom. The third kappa shape index (κ3) is 7.89. The number of imide groups is 1. The van der Waals surface area contributed by atoms with Gasteiger partial charge in [0.1, 0.15) is 23.7 Å². The molecule has 15 nitrogen and oxygen atoms in total. The van der Waals surface area contributed by atoms with Gasteiger partial charge in [0.2, 0.25) is 17.6 Å². The number of likely N-dealkylation sites (tertiary alicyclic amines) is 1. The molecule has 5 aromatic rings. The molecule has 5 saturated heterocycles. The summed E-state index contributed by atoms with van der Waals surface area (Å²) in [5.74, 6) is -3.82. The van der Waals surface area contributed by atoms with E-state index < -0.39 is 57.0 Å². The Kier molecular flexibility index (Phi) is 10.8. The first-order valence-corrected chi connectivity index (χ1v) is 24.3. The molecule has 6 aliphatic rings. The van der Waals surface area contributed by atoms with Crippen LogP contribution in [0.25, 0.3) is 22.2 Å². The maximum Gasteiger partial charge on any atom is 0.301 e. The smallest absolute Gasteiger partial charge is 0.301 e. The number of amides is 3. The number of alkyl halides is 1. The van der Waals surface area contributed by atoms with Crippen LogP contribution in [-0.4, -0.2) is 126 Å². The Bertz CT molecular complexity index is 2960. The number of pyridine rings is 1. The number of H-pyrrole nitrogens is 1. The molecule has 19 heteroatoms. The molecule has 0 saturated carbocycles. The van der Waals surface area contributed by atoms with Crippen molar-refractivity contribution in [3.05, 3.63) is 107 Å². The number of hydrogen-bond donors (Lipinski definition) is 3. The van der Waals surface area contributed by atoms with Crippen LogP contribution in [-0.2, 0) is 26.3 Å². The molecule has 2 bridgehead atoms. The number of carbonyl (C=O) groups excluding carboxylic acids is 4. The van der Waals surface area contributed by atoms with Crippen molar-refractivity contribution in [1.29, 1.82) is 0 Å². The van der Waals surface area contributed by atoms with Crippen LogP contribution in [0.4, 0.5) is 30.2 Å². The van der Waals surface area contributed by atoms with Gasteiger partial charge in [0.05, 0.1) is 11.3 Å². The molecule has 0 aliphatic carbocycles. The highest BCUT2D eigenvalue weighted by Crippen LogP contribution is 2.38. The average Bonchev–Trinajstić information content (AvgIpc) is 4.17. The Morgan fingerprint density at radius 2 is 1.64 bits per heavy atom.